The molecule has 0 heterocycles. The summed E-state index contributed by atoms with van der Waals surface area (Å²) >= 11 is 0. The second kappa shape index (κ2) is 16.6. The average molecular weight is 545 g/mol. The van der Waals surface area contributed by atoms with Gasteiger partial charge in [-0.3, -0.25) is 4.67 Å². The molecular formula is C33H58N2P2. The van der Waals surface area contributed by atoms with Crippen LogP contribution < -0.4 is 0 Å². The zero-order valence-electron chi connectivity index (χ0n) is 24.6. The van der Waals surface area contributed by atoms with Gasteiger partial charge in [0.25, 0.3) is 0 Å². The van der Waals surface area contributed by atoms with Gasteiger partial charge in [0.2, 0.25) is 0 Å². The fourth-order valence-corrected chi connectivity index (χ4v) is 7.72. The minimum Gasteiger partial charge on any atom is -0.353 e. The van der Waals surface area contributed by atoms with E-state index in [0.29, 0.717) is 12.1 Å². The third-order valence-corrected chi connectivity index (χ3v) is 11.1. The van der Waals surface area contributed by atoms with Crippen molar-refractivity contribution >= 4 is 18.8 Å². The van der Waals surface area contributed by atoms with E-state index in [0.717, 1.165) is 23.8 Å². The molecule has 0 bridgehead atoms. The first-order valence-corrected chi connectivity index (χ1v) is 16.7. The van der Waals surface area contributed by atoms with E-state index in [1.165, 1.54) is 108 Å². The van der Waals surface area contributed by atoms with E-state index in [1.807, 2.05) is 0 Å². The van der Waals surface area contributed by atoms with Gasteiger partial charge in [-0.25, -0.2) is 0 Å². The Morgan fingerprint density at radius 3 is 2.11 bits per heavy atom. The molecule has 0 saturated heterocycles. The molecule has 3 aliphatic rings. The van der Waals surface area contributed by atoms with Gasteiger partial charge in [0.15, 0.2) is 0 Å². The lowest BCUT2D eigenvalue weighted by Crippen LogP contribution is -2.41. The average Bonchev–Trinajstić information content (AvgIpc) is 2.98. The molecule has 8 unspecified atom stereocenters. The summed E-state index contributed by atoms with van der Waals surface area (Å²) in [6.45, 7) is 9.62. The zero-order chi connectivity index (χ0) is 26.6. The predicted octanol–water partition coefficient (Wildman–Crippen LogP) is 10.0. The highest BCUT2D eigenvalue weighted by atomic mass is 31.0. The van der Waals surface area contributed by atoms with E-state index >= 15 is 0 Å². The summed E-state index contributed by atoms with van der Waals surface area (Å²) < 4.78 is 5.34. The van der Waals surface area contributed by atoms with E-state index < -0.39 is 0 Å². The van der Waals surface area contributed by atoms with Crippen LogP contribution in [0.3, 0.4) is 0 Å². The van der Waals surface area contributed by atoms with Crippen LogP contribution in [0.4, 0.5) is 0 Å². The van der Waals surface area contributed by atoms with E-state index in [2.05, 4.69) is 92.3 Å². The molecule has 0 N–H and O–H groups in total. The van der Waals surface area contributed by atoms with Crippen LogP contribution in [0.5, 0.6) is 0 Å². The van der Waals surface area contributed by atoms with Crippen LogP contribution in [0.25, 0.3) is 0 Å². The highest BCUT2D eigenvalue weighted by Gasteiger charge is 2.30. The Labute approximate surface area is 235 Å². The van der Waals surface area contributed by atoms with Crippen molar-refractivity contribution in [2.24, 2.45) is 17.8 Å². The van der Waals surface area contributed by atoms with Gasteiger partial charge in [0.1, 0.15) is 0 Å². The predicted molar refractivity (Wildman–Crippen MR) is 171 cm³/mol. The second-order valence-corrected chi connectivity index (χ2v) is 13.9. The molecule has 0 aliphatic heterocycles. The number of hydrogen-bond donors (Lipinski definition) is 0. The van der Waals surface area contributed by atoms with Crippen molar-refractivity contribution in [3.63, 3.8) is 0 Å². The van der Waals surface area contributed by atoms with Crippen molar-refractivity contribution in [2.45, 2.75) is 142 Å². The number of hydrogen-bond acceptors (Lipinski definition) is 2. The smallest absolute Gasteiger partial charge is 0.0400 e. The van der Waals surface area contributed by atoms with Crippen molar-refractivity contribution < 1.29 is 0 Å². The number of rotatable bonds is 5. The maximum atomic E-state index is 3.28. The Hall–Kier alpha value is -0.420. The molecule has 0 spiro atoms. The standard InChI is InChI=1S/C33H58N2P2/c1-5-29-13-9-7-10-14-30(23-20-29)34(36)32-21-18-26(2)16-17-27(3)19-22-33(25-32)35(37)31-15-11-6-8-12-28(4)24-31/h6,8,11-12,15,24,26-27,29-30,32-33H,5,7,9-10,13-14,16-23,25,36-37H2,1-4H3. The second-order valence-electron chi connectivity index (χ2n) is 12.7. The molecule has 37 heavy (non-hydrogen) atoms. The molecule has 2 fully saturated rings. The van der Waals surface area contributed by atoms with Gasteiger partial charge in [0, 0.05) is 23.8 Å². The highest BCUT2D eigenvalue weighted by Crippen LogP contribution is 2.36. The number of allylic oxidation sites excluding steroid dienone is 7. The molecular weight excluding hydrogens is 486 g/mol. The SMILES string of the molecule is CCC1CCCCCC(N(P)C2CCC(C)CCC(C)CCC(N(P)C3=CC(C)=CC=CC=C3)C2)CC1. The summed E-state index contributed by atoms with van der Waals surface area (Å²) in [7, 11) is 6.41. The van der Waals surface area contributed by atoms with Crippen molar-refractivity contribution in [3.05, 3.63) is 47.7 Å². The summed E-state index contributed by atoms with van der Waals surface area (Å²) in [6, 6.07) is 1.89. The lowest BCUT2D eigenvalue weighted by molar-refractivity contribution is 0.182. The maximum Gasteiger partial charge on any atom is 0.0400 e. The van der Waals surface area contributed by atoms with Gasteiger partial charge < -0.3 is 4.67 Å². The molecule has 0 amide bonds. The topological polar surface area (TPSA) is 6.48 Å². The van der Waals surface area contributed by atoms with Gasteiger partial charge in [-0.2, -0.15) is 0 Å². The Morgan fingerprint density at radius 2 is 1.38 bits per heavy atom. The molecule has 0 aromatic rings. The summed E-state index contributed by atoms with van der Waals surface area (Å²) in [5.74, 6) is 2.60. The fourth-order valence-electron chi connectivity index (χ4n) is 6.72. The van der Waals surface area contributed by atoms with Gasteiger partial charge in [-0.1, -0.05) is 99.4 Å². The van der Waals surface area contributed by atoms with Gasteiger partial charge in [-0.15, -0.1) is 0 Å². The van der Waals surface area contributed by atoms with Crippen LogP contribution >= 0.6 is 18.8 Å². The van der Waals surface area contributed by atoms with E-state index in [4.69, 9.17) is 0 Å². The third kappa shape index (κ3) is 10.6. The first kappa shape index (κ1) is 31.1. The molecule has 8 atom stereocenters. The summed E-state index contributed by atoms with van der Waals surface area (Å²) in [4.78, 5) is 0. The molecule has 2 nitrogen and oxygen atoms in total. The van der Waals surface area contributed by atoms with Crippen LogP contribution in [-0.4, -0.2) is 27.5 Å². The van der Waals surface area contributed by atoms with Crippen LogP contribution in [0, 0.1) is 17.8 Å². The Kier molecular flexibility index (Phi) is 14.0. The molecule has 4 heteroatoms. The summed E-state index contributed by atoms with van der Waals surface area (Å²) in [5.41, 5.74) is 2.65. The minimum absolute atomic E-state index is 0.542. The first-order chi connectivity index (χ1) is 17.9. The third-order valence-electron chi connectivity index (χ3n) is 9.58. The van der Waals surface area contributed by atoms with E-state index in [-0.39, 0.29) is 0 Å². The van der Waals surface area contributed by atoms with Crippen molar-refractivity contribution in [1.82, 2.24) is 9.34 Å². The molecule has 0 aromatic carbocycles. The molecule has 0 aromatic heterocycles. The normalized spacial score (nSPS) is 33.2. The quantitative estimate of drug-likeness (QED) is 0.318. The van der Waals surface area contributed by atoms with Crippen LogP contribution in [0.15, 0.2) is 47.7 Å². The lowest BCUT2D eigenvalue weighted by Gasteiger charge is -2.40. The zero-order valence-corrected chi connectivity index (χ0v) is 26.9. The van der Waals surface area contributed by atoms with Crippen molar-refractivity contribution in [2.75, 3.05) is 0 Å². The molecule has 3 rings (SSSR count). The van der Waals surface area contributed by atoms with Crippen LogP contribution in [0.2, 0.25) is 0 Å². The van der Waals surface area contributed by atoms with E-state index in [9.17, 15) is 0 Å². The van der Waals surface area contributed by atoms with Crippen LogP contribution in [-0.2, 0) is 0 Å². The van der Waals surface area contributed by atoms with Crippen LogP contribution in [0.1, 0.15) is 124 Å². The molecule has 210 valence electrons. The monoisotopic (exact) mass is 544 g/mol. The van der Waals surface area contributed by atoms with Crippen molar-refractivity contribution in [3.8, 4) is 0 Å². The molecule has 2 saturated carbocycles. The van der Waals surface area contributed by atoms with Gasteiger partial charge in [0.05, 0.1) is 0 Å². The highest BCUT2D eigenvalue weighted by molar-refractivity contribution is 7.13. The molecule has 0 radical (unpaired) electrons. The van der Waals surface area contributed by atoms with E-state index in [1.54, 1.807) is 0 Å². The first-order valence-electron chi connectivity index (χ1n) is 15.7. The van der Waals surface area contributed by atoms with Crippen molar-refractivity contribution in [1.29, 1.82) is 0 Å². The van der Waals surface area contributed by atoms with Gasteiger partial charge >= 0.3 is 0 Å². The lowest BCUT2D eigenvalue weighted by atomic mass is 9.91. The molecule has 3 aliphatic carbocycles. The Bertz CT molecular complexity index is 785. The maximum absolute atomic E-state index is 3.28. The summed E-state index contributed by atoms with van der Waals surface area (Å²) in [5, 5.41) is 0. The fraction of sp³-hybridized carbons (Fsp3) is 0.758. The Morgan fingerprint density at radius 1 is 0.730 bits per heavy atom. The largest absolute Gasteiger partial charge is 0.353 e. The minimum atomic E-state index is 0.542. The van der Waals surface area contributed by atoms with Gasteiger partial charge in [-0.05, 0) is 103 Å². The number of nitrogens with zero attached hydrogens (tertiary/aromatic N) is 2. The Balaban J connectivity index is 1.83. The summed E-state index contributed by atoms with van der Waals surface area (Å²) in [6.07, 6.45) is 34.0.